The van der Waals surface area contributed by atoms with Crippen LogP contribution < -0.4 is 16.6 Å². The minimum Gasteiger partial charge on any atom is -0.368 e. The van der Waals surface area contributed by atoms with Gasteiger partial charge in [0.25, 0.3) is 5.56 Å². The van der Waals surface area contributed by atoms with Gasteiger partial charge in [0.05, 0.1) is 17.0 Å². The Morgan fingerprint density at radius 3 is 2.33 bits per heavy atom. The van der Waals surface area contributed by atoms with E-state index >= 15 is 0 Å². The molecule has 1 atom stereocenters. The molecule has 0 saturated carbocycles. The normalized spacial score (nSPS) is 15.1. The van der Waals surface area contributed by atoms with Crippen LogP contribution in [0.4, 0.5) is 18.9 Å². The molecule has 5 rings (SSSR count). The molecule has 2 amide bonds. The predicted molar refractivity (Wildman–Crippen MR) is 164 cm³/mol. The molecule has 4 aromatic rings. The molecule has 13 heteroatoms. The van der Waals surface area contributed by atoms with Crippen molar-refractivity contribution in [3.63, 3.8) is 0 Å². The van der Waals surface area contributed by atoms with Gasteiger partial charge >= 0.3 is 6.18 Å². The van der Waals surface area contributed by atoms with E-state index in [0.717, 1.165) is 43.9 Å². The molecule has 2 aromatic carbocycles. The maximum atomic E-state index is 13.2. The number of nitrogens with one attached hydrogen (secondary N) is 1. The van der Waals surface area contributed by atoms with E-state index in [1.807, 2.05) is 30.3 Å². The molecule has 2 aromatic heterocycles. The highest BCUT2D eigenvalue weighted by Crippen LogP contribution is 2.31. The van der Waals surface area contributed by atoms with Crippen LogP contribution in [-0.4, -0.2) is 75.7 Å². The lowest BCUT2D eigenvalue weighted by Crippen LogP contribution is -2.45. The minimum atomic E-state index is -4.58. The zero-order chi connectivity index (χ0) is 32.1. The van der Waals surface area contributed by atoms with Crippen molar-refractivity contribution in [3.05, 3.63) is 94.8 Å². The molecule has 3 N–H and O–H groups in total. The summed E-state index contributed by atoms with van der Waals surface area (Å²) in [6.07, 6.45) is -4.16. The number of hydrogen-bond acceptors (Lipinski definition) is 6. The topological polar surface area (TPSA) is 118 Å². The zero-order valence-electron chi connectivity index (χ0n) is 24.7. The van der Waals surface area contributed by atoms with Crippen LogP contribution in [0.5, 0.6) is 0 Å². The summed E-state index contributed by atoms with van der Waals surface area (Å²) < 4.78 is 42.3. The number of aromatic nitrogens is 3. The molecule has 0 aliphatic carbocycles. The first-order valence-corrected chi connectivity index (χ1v) is 14.5. The van der Waals surface area contributed by atoms with E-state index in [2.05, 4.69) is 22.2 Å². The zero-order valence-corrected chi connectivity index (χ0v) is 24.7. The van der Waals surface area contributed by atoms with Crippen molar-refractivity contribution in [1.82, 2.24) is 24.1 Å². The molecule has 1 fully saturated rings. The first-order valence-electron chi connectivity index (χ1n) is 14.5. The largest absolute Gasteiger partial charge is 0.416 e. The number of alkyl halides is 3. The van der Waals surface area contributed by atoms with Crippen LogP contribution in [0.25, 0.3) is 22.6 Å². The molecule has 1 aliphatic heterocycles. The fourth-order valence-electron chi connectivity index (χ4n) is 5.37. The third kappa shape index (κ3) is 7.67. The highest BCUT2D eigenvalue weighted by molar-refractivity contribution is 5.91. The van der Waals surface area contributed by atoms with Gasteiger partial charge in [-0.3, -0.25) is 23.6 Å². The molecule has 3 heterocycles. The lowest BCUT2D eigenvalue weighted by atomic mass is 10.1. The predicted octanol–water partition coefficient (Wildman–Crippen LogP) is 3.70. The SMILES string of the molecule is CN1CCN(CCC(C(N)=O)n2nc(-c3cccc(=O)n3CC(=O)Nc3cccc(C(F)(F)F)c3)cc2-c2ccccc2)CC1. The Balaban J connectivity index is 1.47. The Kier molecular flexibility index (Phi) is 9.49. The number of nitrogens with two attached hydrogens (primary N) is 1. The van der Waals surface area contributed by atoms with Gasteiger partial charge < -0.3 is 20.9 Å². The summed E-state index contributed by atoms with van der Waals surface area (Å²) in [7, 11) is 2.07. The van der Waals surface area contributed by atoms with Crippen molar-refractivity contribution in [2.45, 2.75) is 25.2 Å². The molecular formula is C32H34F3N7O3. The summed E-state index contributed by atoms with van der Waals surface area (Å²) in [5.74, 6) is -1.25. The van der Waals surface area contributed by atoms with Gasteiger partial charge in [-0.25, -0.2) is 0 Å². The van der Waals surface area contributed by atoms with Crippen molar-refractivity contribution in [2.75, 3.05) is 45.1 Å². The minimum absolute atomic E-state index is 0.0550. The maximum Gasteiger partial charge on any atom is 0.416 e. The van der Waals surface area contributed by atoms with Crippen LogP contribution >= 0.6 is 0 Å². The second-order valence-corrected chi connectivity index (χ2v) is 11.0. The number of hydrogen-bond donors (Lipinski definition) is 2. The lowest BCUT2D eigenvalue weighted by Gasteiger charge is -2.33. The molecule has 1 saturated heterocycles. The number of nitrogens with zero attached hydrogens (tertiary/aromatic N) is 5. The standard InChI is InChI=1S/C32H34F3N7O3/c1-39-15-17-40(18-16-39)14-13-27(31(36)45)42-28(22-7-3-2-4-8-22)20-25(38-42)26-11-6-12-30(44)41(26)21-29(43)37-24-10-5-9-23(19-24)32(33,34)35/h2-12,19-20,27H,13-18,21H2,1H3,(H2,36,45)(H,37,43). The summed E-state index contributed by atoms with van der Waals surface area (Å²) in [6, 6.07) is 18.9. The third-order valence-electron chi connectivity index (χ3n) is 7.83. The monoisotopic (exact) mass is 621 g/mol. The van der Waals surface area contributed by atoms with Gasteiger partial charge in [-0.05, 0) is 49.4 Å². The van der Waals surface area contributed by atoms with Gasteiger partial charge in [0.2, 0.25) is 11.8 Å². The first-order chi connectivity index (χ1) is 21.5. The first kappa shape index (κ1) is 31.7. The fourth-order valence-corrected chi connectivity index (χ4v) is 5.37. The molecule has 1 unspecified atom stereocenters. The van der Waals surface area contributed by atoms with Gasteiger partial charge in [0.15, 0.2) is 0 Å². The van der Waals surface area contributed by atoms with Gasteiger partial charge in [-0.1, -0.05) is 42.5 Å². The number of likely N-dealkylation sites (N-methyl/N-ethyl adjacent to an activating group) is 1. The smallest absolute Gasteiger partial charge is 0.368 e. The number of amides is 2. The second kappa shape index (κ2) is 13.5. The number of anilines is 1. The average Bonchev–Trinajstić information content (AvgIpc) is 3.44. The lowest BCUT2D eigenvalue weighted by molar-refractivity contribution is -0.137. The average molecular weight is 622 g/mol. The quantitative estimate of drug-likeness (QED) is 0.279. The number of halogens is 3. The van der Waals surface area contributed by atoms with Gasteiger partial charge in [-0.15, -0.1) is 0 Å². The van der Waals surface area contributed by atoms with Crippen molar-refractivity contribution >= 4 is 17.5 Å². The Hall–Kier alpha value is -4.75. The molecule has 10 nitrogen and oxygen atoms in total. The van der Waals surface area contributed by atoms with Crippen molar-refractivity contribution < 1.29 is 22.8 Å². The highest BCUT2D eigenvalue weighted by atomic mass is 19.4. The highest BCUT2D eigenvalue weighted by Gasteiger charge is 2.31. The van der Waals surface area contributed by atoms with Crippen molar-refractivity contribution in [3.8, 4) is 22.6 Å². The van der Waals surface area contributed by atoms with Crippen LogP contribution in [0.3, 0.4) is 0 Å². The Morgan fingerprint density at radius 1 is 0.933 bits per heavy atom. The molecule has 0 radical (unpaired) electrons. The van der Waals surface area contributed by atoms with Crippen LogP contribution in [0, 0.1) is 0 Å². The van der Waals surface area contributed by atoms with E-state index in [1.165, 1.54) is 28.8 Å². The van der Waals surface area contributed by atoms with Gasteiger partial charge in [0, 0.05) is 44.5 Å². The Morgan fingerprint density at radius 2 is 1.64 bits per heavy atom. The summed E-state index contributed by atoms with van der Waals surface area (Å²) in [4.78, 5) is 43.3. The molecule has 0 bridgehead atoms. The molecule has 1 aliphatic rings. The van der Waals surface area contributed by atoms with E-state index in [1.54, 1.807) is 16.8 Å². The Labute approximate surface area is 257 Å². The van der Waals surface area contributed by atoms with Crippen molar-refractivity contribution in [1.29, 1.82) is 0 Å². The number of carbonyl (C=O) groups excluding carboxylic acids is 2. The van der Waals surface area contributed by atoms with E-state index < -0.39 is 41.7 Å². The fraction of sp³-hybridized carbons (Fsp3) is 0.312. The molecule has 236 valence electrons. The van der Waals surface area contributed by atoms with Crippen LogP contribution in [-0.2, 0) is 22.3 Å². The number of primary amides is 1. The van der Waals surface area contributed by atoms with Gasteiger partial charge in [0.1, 0.15) is 18.3 Å². The summed E-state index contributed by atoms with van der Waals surface area (Å²) in [6.45, 7) is 3.75. The number of rotatable bonds is 10. The van der Waals surface area contributed by atoms with Crippen LogP contribution in [0.1, 0.15) is 18.0 Å². The summed E-state index contributed by atoms with van der Waals surface area (Å²) >= 11 is 0. The van der Waals surface area contributed by atoms with E-state index in [0.29, 0.717) is 30.0 Å². The van der Waals surface area contributed by atoms with E-state index in [4.69, 9.17) is 10.8 Å². The van der Waals surface area contributed by atoms with E-state index in [9.17, 15) is 27.6 Å². The van der Waals surface area contributed by atoms with E-state index in [-0.39, 0.29) is 5.69 Å². The maximum absolute atomic E-state index is 13.2. The van der Waals surface area contributed by atoms with Crippen LogP contribution in [0.15, 0.2) is 83.7 Å². The number of pyridine rings is 1. The number of carbonyl (C=O) groups is 2. The van der Waals surface area contributed by atoms with Gasteiger partial charge in [-0.2, -0.15) is 18.3 Å². The Bertz CT molecular complexity index is 1710. The van der Waals surface area contributed by atoms with Crippen molar-refractivity contribution in [2.24, 2.45) is 5.73 Å². The number of piperazine rings is 1. The number of benzene rings is 2. The van der Waals surface area contributed by atoms with Crippen LogP contribution in [0.2, 0.25) is 0 Å². The molecular weight excluding hydrogens is 587 g/mol. The second-order valence-electron chi connectivity index (χ2n) is 11.0. The summed E-state index contributed by atoms with van der Waals surface area (Å²) in [5, 5.41) is 7.20. The molecule has 45 heavy (non-hydrogen) atoms. The summed E-state index contributed by atoms with van der Waals surface area (Å²) in [5.41, 5.74) is 6.44. The third-order valence-corrected chi connectivity index (χ3v) is 7.83. The molecule has 0 spiro atoms.